The van der Waals surface area contributed by atoms with Crippen LogP contribution in [0.4, 0.5) is 0 Å². The highest BCUT2D eigenvalue weighted by atomic mass is 16.3. The first-order valence-corrected chi connectivity index (χ1v) is 3.43. The van der Waals surface area contributed by atoms with E-state index >= 15 is 0 Å². The molecule has 0 bridgehead atoms. The SMILES string of the molecule is [O]C12CNCC1CNC2. The highest BCUT2D eigenvalue weighted by Crippen LogP contribution is 2.25. The molecule has 2 rings (SSSR count). The molecule has 2 aliphatic rings. The Kier molecular flexibility index (Phi) is 1.06. The van der Waals surface area contributed by atoms with E-state index in [2.05, 4.69) is 10.6 Å². The molecule has 2 aliphatic heterocycles. The Labute approximate surface area is 54.4 Å². The largest absolute Gasteiger partial charge is 0.313 e. The fraction of sp³-hybridized carbons (Fsp3) is 1.00. The molecular formula is C6H11N2O. The summed E-state index contributed by atoms with van der Waals surface area (Å²) in [5, 5.41) is 17.8. The van der Waals surface area contributed by atoms with Crippen molar-refractivity contribution in [2.45, 2.75) is 5.60 Å². The van der Waals surface area contributed by atoms with Crippen molar-refractivity contribution in [1.29, 1.82) is 0 Å². The van der Waals surface area contributed by atoms with E-state index in [1.54, 1.807) is 0 Å². The fourth-order valence-corrected chi connectivity index (χ4v) is 1.71. The van der Waals surface area contributed by atoms with Gasteiger partial charge in [0.2, 0.25) is 0 Å². The fourth-order valence-electron chi connectivity index (χ4n) is 1.71. The molecule has 2 saturated heterocycles. The molecule has 9 heavy (non-hydrogen) atoms. The van der Waals surface area contributed by atoms with Crippen LogP contribution in [0.15, 0.2) is 0 Å². The topological polar surface area (TPSA) is 44.0 Å². The molecule has 51 valence electrons. The molecule has 0 aromatic carbocycles. The van der Waals surface area contributed by atoms with Crippen LogP contribution in [-0.2, 0) is 5.11 Å². The molecule has 0 atom stereocenters. The van der Waals surface area contributed by atoms with Crippen LogP contribution < -0.4 is 10.6 Å². The van der Waals surface area contributed by atoms with Gasteiger partial charge in [0.1, 0.15) is 5.60 Å². The van der Waals surface area contributed by atoms with Crippen LogP contribution in [0.5, 0.6) is 0 Å². The quantitative estimate of drug-likeness (QED) is 0.437. The van der Waals surface area contributed by atoms with Gasteiger partial charge in [0.15, 0.2) is 0 Å². The molecule has 2 heterocycles. The van der Waals surface area contributed by atoms with Gasteiger partial charge in [-0.05, 0) is 0 Å². The van der Waals surface area contributed by atoms with Gasteiger partial charge in [-0.15, -0.1) is 0 Å². The first kappa shape index (κ1) is 5.65. The minimum Gasteiger partial charge on any atom is -0.313 e. The average Bonchev–Trinajstić information content (AvgIpc) is 2.22. The summed E-state index contributed by atoms with van der Waals surface area (Å²) < 4.78 is 0. The first-order chi connectivity index (χ1) is 4.31. The molecular weight excluding hydrogens is 116 g/mol. The van der Waals surface area contributed by atoms with E-state index in [1.807, 2.05) is 0 Å². The Morgan fingerprint density at radius 1 is 1.22 bits per heavy atom. The summed E-state index contributed by atoms with van der Waals surface area (Å²) in [6.45, 7) is 3.14. The van der Waals surface area contributed by atoms with Gasteiger partial charge in [-0.2, -0.15) is 0 Å². The molecule has 0 aliphatic carbocycles. The predicted octanol–water partition coefficient (Wildman–Crippen LogP) is -1.02. The average molecular weight is 127 g/mol. The highest BCUT2D eigenvalue weighted by Gasteiger charge is 2.46. The Morgan fingerprint density at radius 2 is 1.78 bits per heavy atom. The van der Waals surface area contributed by atoms with E-state index in [0.717, 1.165) is 13.1 Å². The van der Waals surface area contributed by atoms with Gasteiger partial charge in [-0.25, -0.2) is 5.11 Å². The number of hydrogen-bond donors (Lipinski definition) is 2. The van der Waals surface area contributed by atoms with Crippen LogP contribution in [0.1, 0.15) is 0 Å². The molecule has 0 saturated carbocycles. The van der Waals surface area contributed by atoms with Gasteiger partial charge in [0, 0.05) is 32.1 Å². The molecule has 3 heteroatoms. The minimum absolute atomic E-state index is 0.345. The Balaban J connectivity index is 2.17. The van der Waals surface area contributed by atoms with E-state index in [9.17, 15) is 5.11 Å². The van der Waals surface area contributed by atoms with Crippen molar-refractivity contribution in [1.82, 2.24) is 10.6 Å². The smallest absolute Gasteiger partial charge is 0.133 e. The zero-order valence-electron chi connectivity index (χ0n) is 5.31. The summed E-state index contributed by atoms with van der Waals surface area (Å²) >= 11 is 0. The van der Waals surface area contributed by atoms with Gasteiger partial charge in [0.25, 0.3) is 0 Å². The van der Waals surface area contributed by atoms with Crippen LogP contribution in [-0.4, -0.2) is 31.8 Å². The molecule has 0 aromatic rings. The molecule has 0 amide bonds. The van der Waals surface area contributed by atoms with Gasteiger partial charge < -0.3 is 10.6 Å². The lowest BCUT2D eigenvalue weighted by Gasteiger charge is -2.14. The second kappa shape index (κ2) is 1.68. The van der Waals surface area contributed by atoms with E-state index in [1.165, 1.54) is 0 Å². The van der Waals surface area contributed by atoms with E-state index in [4.69, 9.17) is 0 Å². The first-order valence-electron chi connectivity index (χ1n) is 3.43. The van der Waals surface area contributed by atoms with Gasteiger partial charge in [-0.3, -0.25) is 0 Å². The summed E-state index contributed by atoms with van der Waals surface area (Å²) in [6.07, 6.45) is 0. The third kappa shape index (κ3) is 0.689. The van der Waals surface area contributed by atoms with Crippen molar-refractivity contribution >= 4 is 0 Å². The summed E-state index contributed by atoms with van der Waals surface area (Å²) in [5.41, 5.74) is -0.667. The van der Waals surface area contributed by atoms with Crippen molar-refractivity contribution in [3.05, 3.63) is 0 Å². The molecule has 2 N–H and O–H groups in total. The zero-order chi connectivity index (χ0) is 6.32. The normalized spacial score (nSPS) is 49.7. The highest BCUT2D eigenvalue weighted by molar-refractivity contribution is 5.02. The molecule has 0 unspecified atom stereocenters. The lowest BCUT2D eigenvalue weighted by atomic mass is 9.95. The van der Waals surface area contributed by atoms with Crippen LogP contribution in [0, 0.1) is 5.92 Å². The predicted molar refractivity (Wildman–Crippen MR) is 32.6 cm³/mol. The zero-order valence-corrected chi connectivity index (χ0v) is 5.31. The monoisotopic (exact) mass is 127 g/mol. The van der Waals surface area contributed by atoms with Crippen molar-refractivity contribution < 1.29 is 5.11 Å². The molecule has 2 fully saturated rings. The summed E-state index contributed by atoms with van der Waals surface area (Å²) in [6, 6.07) is 0. The minimum atomic E-state index is -0.667. The summed E-state index contributed by atoms with van der Waals surface area (Å²) in [7, 11) is 0. The van der Waals surface area contributed by atoms with Gasteiger partial charge >= 0.3 is 0 Å². The summed E-state index contributed by atoms with van der Waals surface area (Å²) in [5.74, 6) is 0.345. The number of nitrogens with one attached hydrogen (secondary N) is 2. The van der Waals surface area contributed by atoms with Crippen LogP contribution in [0.2, 0.25) is 0 Å². The second-order valence-corrected chi connectivity index (χ2v) is 3.02. The van der Waals surface area contributed by atoms with Crippen LogP contribution in [0.25, 0.3) is 0 Å². The van der Waals surface area contributed by atoms with E-state index < -0.39 is 5.60 Å². The maximum Gasteiger partial charge on any atom is 0.133 e. The lowest BCUT2D eigenvalue weighted by Crippen LogP contribution is -2.36. The third-order valence-electron chi connectivity index (χ3n) is 2.37. The van der Waals surface area contributed by atoms with Gasteiger partial charge in [-0.1, -0.05) is 0 Å². The van der Waals surface area contributed by atoms with E-state index in [-0.39, 0.29) is 0 Å². The maximum absolute atomic E-state index is 11.5. The van der Waals surface area contributed by atoms with Crippen molar-refractivity contribution in [2.75, 3.05) is 26.2 Å². The Bertz CT molecular complexity index is 116. The molecule has 0 aromatic heterocycles. The van der Waals surface area contributed by atoms with Crippen molar-refractivity contribution in [3.63, 3.8) is 0 Å². The Morgan fingerprint density at radius 3 is 2.22 bits per heavy atom. The third-order valence-corrected chi connectivity index (χ3v) is 2.37. The van der Waals surface area contributed by atoms with E-state index in [0.29, 0.717) is 19.0 Å². The maximum atomic E-state index is 11.5. The molecule has 1 radical (unpaired) electrons. The molecule has 0 spiro atoms. The van der Waals surface area contributed by atoms with Crippen LogP contribution in [0.3, 0.4) is 0 Å². The summed E-state index contributed by atoms with van der Waals surface area (Å²) in [4.78, 5) is 0. The molecule has 3 nitrogen and oxygen atoms in total. The standard InChI is InChI=1S/C6H11N2O/c9-6-3-7-1-5(6)2-8-4-6/h5,7-8H,1-4H2. The second-order valence-electron chi connectivity index (χ2n) is 3.02. The van der Waals surface area contributed by atoms with Crippen molar-refractivity contribution in [2.24, 2.45) is 5.92 Å². The van der Waals surface area contributed by atoms with Crippen LogP contribution >= 0.6 is 0 Å². The van der Waals surface area contributed by atoms with Crippen molar-refractivity contribution in [3.8, 4) is 0 Å². The number of rotatable bonds is 0. The number of fused-ring (bicyclic) bond motifs is 1. The van der Waals surface area contributed by atoms with Gasteiger partial charge in [0.05, 0.1) is 0 Å². The lowest BCUT2D eigenvalue weighted by molar-refractivity contribution is -0.0185. The Hall–Kier alpha value is -0.120. The number of hydrogen-bond acceptors (Lipinski definition) is 2.